The third kappa shape index (κ3) is 79.1. The van der Waals surface area contributed by atoms with Gasteiger partial charge in [-0.25, -0.2) is 0 Å². The van der Waals surface area contributed by atoms with E-state index in [0.717, 1.165) is 0 Å². The molecule has 0 atom stereocenters. The van der Waals surface area contributed by atoms with Gasteiger partial charge in [-0.3, -0.25) is 9.59 Å². The molecule has 0 heterocycles. The lowest BCUT2D eigenvalue weighted by atomic mass is 10.3. The molecule has 2 N–H and O–H groups in total. The lowest BCUT2D eigenvalue weighted by Crippen LogP contribution is -2.08. The predicted octanol–water partition coefficient (Wildman–Crippen LogP) is 0.285. The fourth-order valence-corrected chi connectivity index (χ4v) is 0.406. The van der Waals surface area contributed by atoms with Crippen LogP contribution in [0.3, 0.4) is 0 Å². The van der Waals surface area contributed by atoms with Crippen molar-refractivity contribution in [2.24, 2.45) is 0 Å². The standard InChI is InChI=1S/C7H10O3.2C3H8O.BH3/c1-3-4-10-7(9)5-6(2)8;2*1-3(2)4;/h3H,1,4-5H2,2H3;2*3-4H,1-2H3;1H3. The molecular formula is C13H29BO5. The summed E-state index contributed by atoms with van der Waals surface area (Å²) in [5, 5.41) is 16.1. The highest BCUT2D eigenvalue weighted by molar-refractivity contribution is 5.94. The molecule has 114 valence electrons. The van der Waals surface area contributed by atoms with Crippen LogP contribution < -0.4 is 0 Å². The first-order valence-corrected chi connectivity index (χ1v) is 5.75. The molecule has 0 radical (unpaired) electrons. The second kappa shape index (κ2) is 19.2. The van der Waals surface area contributed by atoms with Crippen molar-refractivity contribution in [1.29, 1.82) is 0 Å². The largest absolute Gasteiger partial charge is 0.461 e. The van der Waals surface area contributed by atoms with Crippen molar-refractivity contribution in [2.45, 2.75) is 53.2 Å². The van der Waals surface area contributed by atoms with Gasteiger partial charge in [0.1, 0.15) is 18.8 Å². The highest BCUT2D eigenvalue weighted by Gasteiger charge is 2.03. The van der Waals surface area contributed by atoms with E-state index in [-0.39, 0.29) is 39.4 Å². The van der Waals surface area contributed by atoms with Crippen LogP contribution in [-0.4, -0.2) is 49.2 Å². The van der Waals surface area contributed by atoms with Crippen molar-refractivity contribution in [3.05, 3.63) is 12.7 Å². The molecule has 0 unspecified atom stereocenters. The summed E-state index contributed by atoms with van der Waals surface area (Å²) in [5.74, 6) is -0.679. The van der Waals surface area contributed by atoms with E-state index in [2.05, 4.69) is 11.3 Å². The third-order valence-corrected chi connectivity index (χ3v) is 0.755. The summed E-state index contributed by atoms with van der Waals surface area (Å²) in [4.78, 5) is 20.8. The minimum Gasteiger partial charge on any atom is -0.461 e. The third-order valence-electron chi connectivity index (χ3n) is 0.755. The summed E-state index contributed by atoms with van der Waals surface area (Å²) in [6.45, 7) is 11.8. The van der Waals surface area contributed by atoms with Gasteiger partial charge in [-0.1, -0.05) is 12.7 Å². The normalized spacial score (nSPS) is 8.26. The van der Waals surface area contributed by atoms with E-state index in [0.29, 0.717) is 0 Å². The summed E-state index contributed by atoms with van der Waals surface area (Å²) in [6.07, 6.45) is 0.978. The number of Topliss-reactive ketones (excluding diaryl/α,β-unsaturated/α-hetero) is 1. The van der Waals surface area contributed by atoms with Crippen LogP contribution in [0.25, 0.3) is 0 Å². The quantitative estimate of drug-likeness (QED) is 0.333. The zero-order valence-corrected chi connectivity index (χ0v) is 12.0. The summed E-state index contributed by atoms with van der Waals surface area (Å²) in [7, 11) is 0. The Morgan fingerprint density at radius 2 is 1.47 bits per heavy atom. The first-order valence-electron chi connectivity index (χ1n) is 5.75. The Hall–Kier alpha value is -1.14. The molecule has 0 saturated heterocycles. The number of aliphatic hydroxyl groups is 2. The van der Waals surface area contributed by atoms with Gasteiger partial charge >= 0.3 is 5.97 Å². The monoisotopic (exact) mass is 276 g/mol. The summed E-state index contributed by atoms with van der Waals surface area (Å²) in [5.41, 5.74) is 0. The molecule has 0 rings (SSSR count). The number of hydrogen-bond donors (Lipinski definition) is 2. The van der Waals surface area contributed by atoms with E-state index in [4.69, 9.17) is 10.2 Å². The molecule has 5 nitrogen and oxygen atoms in total. The lowest BCUT2D eigenvalue weighted by molar-refractivity contribution is -0.144. The summed E-state index contributed by atoms with van der Waals surface area (Å²) in [6, 6.07) is 0. The van der Waals surface area contributed by atoms with Gasteiger partial charge in [0.25, 0.3) is 0 Å². The van der Waals surface area contributed by atoms with Crippen molar-refractivity contribution in [3.63, 3.8) is 0 Å². The first kappa shape index (κ1) is 26.4. The van der Waals surface area contributed by atoms with Gasteiger partial charge in [-0.2, -0.15) is 0 Å². The van der Waals surface area contributed by atoms with Crippen LogP contribution in [0.5, 0.6) is 0 Å². The predicted molar refractivity (Wildman–Crippen MR) is 81.1 cm³/mol. The SMILES string of the molecule is B.C=CCOC(=O)CC(C)=O.CC(C)O.CC(C)O. The molecule has 0 aliphatic heterocycles. The maximum Gasteiger partial charge on any atom is 0.313 e. The van der Waals surface area contributed by atoms with Crippen molar-refractivity contribution < 1.29 is 24.5 Å². The van der Waals surface area contributed by atoms with Crippen molar-refractivity contribution >= 4 is 20.2 Å². The summed E-state index contributed by atoms with van der Waals surface area (Å²) >= 11 is 0. The van der Waals surface area contributed by atoms with Crippen molar-refractivity contribution in [3.8, 4) is 0 Å². The second-order valence-corrected chi connectivity index (χ2v) is 4.04. The zero-order chi connectivity index (χ0) is 15.1. The fourth-order valence-electron chi connectivity index (χ4n) is 0.406. The van der Waals surface area contributed by atoms with Crippen LogP contribution in [0.2, 0.25) is 0 Å². The van der Waals surface area contributed by atoms with E-state index in [9.17, 15) is 9.59 Å². The number of aliphatic hydroxyl groups excluding tert-OH is 2. The van der Waals surface area contributed by atoms with E-state index < -0.39 is 5.97 Å². The smallest absolute Gasteiger partial charge is 0.313 e. The number of hydrogen-bond acceptors (Lipinski definition) is 5. The zero-order valence-electron chi connectivity index (χ0n) is 12.0. The molecular weight excluding hydrogens is 247 g/mol. The molecule has 0 saturated carbocycles. The van der Waals surface area contributed by atoms with Crippen LogP contribution in [0, 0.1) is 0 Å². The molecule has 0 bridgehead atoms. The molecule has 0 aromatic carbocycles. The number of rotatable bonds is 4. The number of carbonyl (C=O) groups excluding carboxylic acids is 2. The Labute approximate surface area is 118 Å². The van der Waals surface area contributed by atoms with Crippen molar-refractivity contribution in [2.75, 3.05) is 6.61 Å². The molecule has 0 aromatic rings. The highest BCUT2D eigenvalue weighted by atomic mass is 16.5. The van der Waals surface area contributed by atoms with Gasteiger partial charge in [0, 0.05) is 12.2 Å². The maximum absolute atomic E-state index is 10.5. The first-order chi connectivity index (χ1) is 8.13. The van der Waals surface area contributed by atoms with Gasteiger partial charge in [0.2, 0.25) is 0 Å². The van der Waals surface area contributed by atoms with Crippen LogP contribution in [-0.2, 0) is 14.3 Å². The number of carbonyl (C=O) groups is 2. The molecule has 0 spiro atoms. The van der Waals surface area contributed by atoms with E-state index >= 15 is 0 Å². The topological polar surface area (TPSA) is 83.8 Å². The van der Waals surface area contributed by atoms with E-state index in [1.54, 1.807) is 27.7 Å². The molecule has 0 aromatic heterocycles. The maximum atomic E-state index is 10.5. The lowest BCUT2D eigenvalue weighted by Gasteiger charge is -1.96. The fraction of sp³-hybridized carbons (Fsp3) is 0.692. The Balaban J connectivity index is -0.000000105. The number of ketones is 1. The minimum absolute atomic E-state index is 0. The van der Waals surface area contributed by atoms with Gasteiger partial charge in [-0.05, 0) is 34.6 Å². The van der Waals surface area contributed by atoms with Crippen LogP contribution >= 0.6 is 0 Å². The van der Waals surface area contributed by atoms with E-state index in [1.165, 1.54) is 13.0 Å². The highest BCUT2D eigenvalue weighted by Crippen LogP contribution is 1.87. The summed E-state index contributed by atoms with van der Waals surface area (Å²) < 4.78 is 4.52. The second-order valence-electron chi connectivity index (χ2n) is 4.04. The van der Waals surface area contributed by atoms with Crippen molar-refractivity contribution in [1.82, 2.24) is 0 Å². The van der Waals surface area contributed by atoms with Crippen LogP contribution in [0.15, 0.2) is 12.7 Å². The Morgan fingerprint density at radius 3 is 1.68 bits per heavy atom. The van der Waals surface area contributed by atoms with E-state index in [1.807, 2.05) is 0 Å². The van der Waals surface area contributed by atoms with Gasteiger partial charge < -0.3 is 14.9 Å². The average molecular weight is 276 g/mol. The minimum atomic E-state index is -0.493. The molecule has 0 aliphatic carbocycles. The molecule has 0 fully saturated rings. The molecule has 19 heavy (non-hydrogen) atoms. The Kier molecular flexibility index (Phi) is 26.7. The van der Waals surface area contributed by atoms with Gasteiger partial charge in [-0.15, -0.1) is 0 Å². The van der Waals surface area contributed by atoms with Gasteiger partial charge in [0.05, 0.1) is 8.41 Å². The molecule has 0 aliphatic rings. The van der Waals surface area contributed by atoms with Crippen LogP contribution in [0.4, 0.5) is 0 Å². The average Bonchev–Trinajstić information content (AvgIpc) is 2.11. The van der Waals surface area contributed by atoms with Gasteiger partial charge in [0.15, 0.2) is 0 Å². The van der Waals surface area contributed by atoms with Crippen LogP contribution in [0.1, 0.15) is 41.0 Å². The number of esters is 1. The Bertz CT molecular complexity index is 216. The molecule has 6 heteroatoms. The number of ether oxygens (including phenoxy) is 1. The Morgan fingerprint density at radius 1 is 1.16 bits per heavy atom. The molecule has 0 amide bonds.